The number of nitrogen functional groups attached to an aromatic ring is 1. The molecule has 1 aliphatic rings. The Labute approximate surface area is 109 Å². The lowest BCUT2D eigenvalue weighted by molar-refractivity contribution is 0.418. The Morgan fingerprint density at radius 3 is 2.33 bits per heavy atom. The molecule has 0 aromatic heterocycles. The summed E-state index contributed by atoms with van der Waals surface area (Å²) in [5, 5.41) is 7.42. The number of hydrogen-bond donors (Lipinski definition) is 2. The number of nitrogens with one attached hydrogen (secondary N) is 1. The Kier molecular flexibility index (Phi) is 4.24. The molecule has 0 amide bonds. The van der Waals surface area contributed by atoms with Crippen LogP contribution >= 0.6 is 0 Å². The van der Waals surface area contributed by atoms with Gasteiger partial charge in [0.1, 0.15) is 5.84 Å². The number of benzene rings is 1. The van der Waals surface area contributed by atoms with E-state index in [4.69, 9.17) is 11.1 Å². The lowest BCUT2D eigenvalue weighted by Crippen LogP contribution is -2.36. The summed E-state index contributed by atoms with van der Waals surface area (Å²) in [5.74, 6) is 0.141. The van der Waals surface area contributed by atoms with Crippen LogP contribution in [0.3, 0.4) is 0 Å². The zero-order valence-corrected chi connectivity index (χ0v) is 11.2. The van der Waals surface area contributed by atoms with Crippen molar-refractivity contribution < 1.29 is 0 Å². The largest absolute Gasteiger partial charge is 0.384 e. The minimum Gasteiger partial charge on any atom is -0.384 e. The molecule has 0 heterocycles. The van der Waals surface area contributed by atoms with Crippen LogP contribution in [0.15, 0.2) is 24.3 Å². The molecule has 1 aromatic carbocycles. The van der Waals surface area contributed by atoms with Crippen molar-refractivity contribution in [1.82, 2.24) is 0 Å². The molecule has 18 heavy (non-hydrogen) atoms. The molecular formula is C15H23N3. The summed E-state index contributed by atoms with van der Waals surface area (Å²) in [6, 6.07) is 8.77. The van der Waals surface area contributed by atoms with Crippen LogP contribution in [0.5, 0.6) is 0 Å². The van der Waals surface area contributed by atoms with Gasteiger partial charge in [-0.15, -0.1) is 0 Å². The van der Waals surface area contributed by atoms with Gasteiger partial charge < -0.3 is 10.6 Å². The highest BCUT2D eigenvalue weighted by molar-refractivity contribution is 5.95. The van der Waals surface area contributed by atoms with E-state index in [1.54, 1.807) is 0 Å². The number of nitrogens with zero attached hydrogens (tertiary/aromatic N) is 1. The number of amidine groups is 1. The zero-order chi connectivity index (χ0) is 13.0. The molecule has 0 spiro atoms. The van der Waals surface area contributed by atoms with Crippen LogP contribution in [0.1, 0.15) is 44.6 Å². The van der Waals surface area contributed by atoms with Crippen molar-refractivity contribution in [3.8, 4) is 0 Å². The van der Waals surface area contributed by atoms with Gasteiger partial charge in [-0.2, -0.15) is 0 Å². The molecule has 1 saturated carbocycles. The molecule has 2 rings (SSSR count). The van der Waals surface area contributed by atoms with Gasteiger partial charge in [-0.1, -0.05) is 19.3 Å². The smallest absolute Gasteiger partial charge is 0.122 e. The number of nitrogens with two attached hydrogens (primary N) is 1. The maximum atomic E-state index is 7.42. The molecule has 3 nitrogen and oxygen atoms in total. The van der Waals surface area contributed by atoms with E-state index >= 15 is 0 Å². The van der Waals surface area contributed by atoms with Crippen molar-refractivity contribution in [3.05, 3.63) is 29.8 Å². The van der Waals surface area contributed by atoms with Crippen molar-refractivity contribution in [2.45, 2.75) is 45.1 Å². The molecular weight excluding hydrogens is 222 g/mol. The van der Waals surface area contributed by atoms with Crippen LogP contribution in [-0.4, -0.2) is 18.4 Å². The Hall–Kier alpha value is -1.51. The Morgan fingerprint density at radius 1 is 1.22 bits per heavy atom. The lowest BCUT2D eigenvalue weighted by atomic mass is 9.93. The summed E-state index contributed by atoms with van der Waals surface area (Å²) in [6.45, 7) is 3.26. The van der Waals surface area contributed by atoms with Gasteiger partial charge in [0.25, 0.3) is 0 Å². The summed E-state index contributed by atoms with van der Waals surface area (Å²) >= 11 is 0. The van der Waals surface area contributed by atoms with Crippen LogP contribution in [0.4, 0.5) is 5.69 Å². The first-order valence-corrected chi connectivity index (χ1v) is 6.93. The minimum atomic E-state index is 0.141. The van der Waals surface area contributed by atoms with Crippen molar-refractivity contribution >= 4 is 11.5 Å². The van der Waals surface area contributed by atoms with Crippen molar-refractivity contribution in [3.63, 3.8) is 0 Å². The van der Waals surface area contributed by atoms with E-state index in [-0.39, 0.29) is 5.84 Å². The summed E-state index contributed by atoms with van der Waals surface area (Å²) in [7, 11) is 0. The van der Waals surface area contributed by atoms with E-state index in [9.17, 15) is 0 Å². The number of anilines is 1. The molecule has 1 aliphatic carbocycles. The average molecular weight is 245 g/mol. The first-order valence-electron chi connectivity index (χ1n) is 6.93. The zero-order valence-electron chi connectivity index (χ0n) is 11.2. The highest BCUT2D eigenvalue weighted by Gasteiger charge is 2.20. The van der Waals surface area contributed by atoms with E-state index in [0.717, 1.165) is 12.1 Å². The molecule has 3 heteroatoms. The highest BCUT2D eigenvalue weighted by atomic mass is 15.2. The van der Waals surface area contributed by atoms with Crippen LogP contribution in [0.25, 0.3) is 0 Å². The van der Waals surface area contributed by atoms with Gasteiger partial charge in [0.2, 0.25) is 0 Å². The Morgan fingerprint density at radius 2 is 1.83 bits per heavy atom. The monoisotopic (exact) mass is 245 g/mol. The van der Waals surface area contributed by atoms with Gasteiger partial charge in [0.15, 0.2) is 0 Å². The van der Waals surface area contributed by atoms with Gasteiger partial charge in [-0.3, -0.25) is 5.41 Å². The molecule has 0 bridgehead atoms. The summed E-state index contributed by atoms with van der Waals surface area (Å²) in [6.07, 6.45) is 6.71. The first-order chi connectivity index (χ1) is 8.72. The van der Waals surface area contributed by atoms with E-state index in [0.29, 0.717) is 6.04 Å². The predicted octanol–water partition coefficient (Wildman–Crippen LogP) is 3.13. The predicted molar refractivity (Wildman–Crippen MR) is 77.4 cm³/mol. The van der Waals surface area contributed by atoms with E-state index in [1.807, 2.05) is 12.1 Å². The van der Waals surface area contributed by atoms with Crippen LogP contribution in [-0.2, 0) is 0 Å². The van der Waals surface area contributed by atoms with Gasteiger partial charge in [0.05, 0.1) is 0 Å². The molecule has 0 radical (unpaired) electrons. The Balaban J connectivity index is 2.13. The van der Waals surface area contributed by atoms with E-state index < -0.39 is 0 Å². The molecule has 0 unspecified atom stereocenters. The standard InChI is InChI=1S/C15H23N3/c1-2-18(13-6-4-3-5-7-13)14-10-8-12(9-11-14)15(16)17/h8-11,13H,2-7H2,1H3,(H3,16,17). The SMILES string of the molecule is CCN(c1ccc(C(=N)N)cc1)C1CCCCC1. The maximum absolute atomic E-state index is 7.42. The third-order valence-corrected chi connectivity index (χ3v) is 3.87. The molecule has 98 valence electrons. The Bertz CT molecular complexity index is 391. The summed E-state index contributed by atoms with van der Waals surface area (Å²) in [5.41, 5.74) is 7.55. The molecule has 1 aromatic rings. The fraction of sp³-hybridized carbons (Fsp3) is 0.533. The maximum Gasteiger partial charge on any atom is 0.122 e. The average Bonchev–Trinajstić information content (AvgIpc) is 2.41. The number of rotatable bonds is 4. The van der Waals surface area contributed by atoms with Crippen LogP contribution in [0, 0.1) is 5.41 Å². The summed E-state index contributed by atoms with van der Waals surface area (Å²) < 4.78 is 0. The topological polar surface area (TPSA) is 53.1 Å². The minimum absolute atomic E-state index is 0.141. The first kappa shape index (κ1) is 12.9. The molecule has 0 aliphatic heterocycles. The van der Waals surface area contributed by atoms with E-state index in [2.05, 4.69) is 24.0 Å². The van der Waals surface area contributed by atoms with Gasteiger partial charge in [-0.05, 0) is 44.0 Å². The quantitative estimate of drug-likeness (QED) is 0.632. The van der Waals surface area contributed by atoms with Crippen LogP contribution in [0.2, 0.25) is 0 Å². The second-order valence-electron chi connectivity index (χ2n) is 5.04. The van der Waals surface area contributed by atoms with Gasteiger partial charge >= 0.3 is 0 Å². The second-order valence-corrected chi connectivity index (χ2v) is 5.04. The third kappa shape index (κ3) is 2.84. The third-order valence-electron chi connectivity index (χ3n) is 3.87. The van der Waals surface area contributed by atoms with Crippen LogP contribution < -0.4 is 10.6 Å². The van der Waals surface area contributed by atoms with Gasteiger partial charge in [-0.25, -0.2) is 0 Å². The normalized spacial score (nSPS) is 16.5. The van der Waals surface area contributed by atoms with Crippen molar-refractivity contribution in [2.24, 2.45) is 5.73 Å². The van der Waals surface area contributed by atoms with Crippen molar-refractivity contribution in [1.29, 1.82) is 5.41 Å². The molecule has 1 fully saturated rings. The van der Waals surface area contributed by atoms with Crippen molar-refractivity contribution in [2.75, 3.05) is 11.4 Å². The second kappa shape index (κ2) is 5.89. The van der Waals surface area contributed by atoms with Gasteiger partial charge in [0, 0.05) is 23.8 Å². The fourth-order valence-electron chi connectivity index (χ4n) is 2.88. The van der Waals surface area contributed by atoms with E-state index in [1.165, 1.54) is 37.8 Å². The highest BCUT2D eigenvalue weighted by Crippen LogP contribution is 2.27. The summed E-state index contributed by atoms with van der Waals surface area (Å²) in [4.78, 5) is 2.49. The molecule has 0 atom stereocenters. The number of hydrogen-bond acceptors (Lipinski definition) is 2. The lowest BCUT2D eigenvalue weighted by Gasteiger charge is -2.35. The molecule has 0 saturated heterocycles. The molecule has 3 N–H and O–H groups in total. The fourth-order valence-corrected chi connectivity index (χ4v) is 2.88.